The van der Waals surface area contributed by atoms with Crippen molar-refractivity contribution in [1.29, 1.82) is 0 Å². The van der Waals surface area contributed by atoms with Crippen LogP contribution in [0.4, 0.5) is 0 Å². The molecule has 0 aliphatic carbocycles. The fourth-order valence-corrected chi connectivity index (χ4v) is 3.05. The lowest BCUT2D eigenvalue weighted by atomic mass is 10.1. The Labute approximate surface area is 157 Å². The summed E-state index contributed by atoms with van der Waals surface area (Å²) in [5, 5.41) is 4.09. The largest absolute Gasteiger partial charge is 0.350 e. The molecule has 0 unspecified atom stereocenters. The maximum Gasteiger partial charge on any atom is 0.292 e. The molecule has 0 aliphatic rings. The maximum atomic E-state index is 12.9. The summed E-state index contributed by atoms with van der Waals surface area (Å²) >= 11 is 0. The van der Waals surface area contributed by atoms with Gasteiger partial charge < -0.3 is 9.42 Å². The van der Waals surface area contributed by atoms with Gasteiger partial charge in [0, 0.05) is 24.7 Å². The molecule has 142 valence electrons. The molecule has 1 heterocycles. The Morgan fingerprint density at radius 2 is 1.54 bits per heavy atom. The Kier molecular flexibility index (Phi) is 8.94. The minimum atomic E-state index is -0.0346. The van der Waals surface area contributed by atoms with Gasteiger partial charge >= 0.3 is 0 Å². The molecule has 1 amide bonds. The van der Waals surface area contributed by atoms with Crippen LogP contribution in [-0.4, -0.2) is 29.1 Å². The molecule has 0 spiro atoms. The second-order valence-electron chi connectivity index (χ2n) is 6.86. The Balaban J connectivity index is 2.00. The van der Waals surface area contributed by atoms with Crippen LogP contribution in [0.3, 0.4) is 0 Å². The number of nitrogens with zero attached hydrogens (tertiary/aromatic N) is 2. The van der Waals surface area contributed by atoms with E-state index < -0.39 is 0 Å². The minimum absolute atomic E-state index is 0.0346. The molecule has 26 heavy (non-hydrogen) atoms. The fraction of sp³-hybridized carbons (Fsp3) is 0.545. The molecule has 0 atom stereocenters. The van der Waals surface area contributed by atoms with Crippen molar-refractivity contribution in [2.45, 2.75) is 65.2 Å². The van der Waals surface area contributed by atoms with Gasteiger partial charge in [0.05, 0.1) is 0 Å². The summed E-state index contributed by atoms with van der Waals surface area (Å²) in [7, 11) is 0. The van der Waals surface area contributed by atoms with Crippen LogP contribution in [0.2, 0.25) is 0 Å². The van der Waals surface area contributed by atoms with Gasteiger partial charge in [-0.2, -0.15) is 0 Å². The average Bonchev–Trinajstić information content (AvgIpc) is 3.17. The van der Waals surface area contributed by atoms with Crippen molar-refractivity contribution in [3.63, 3.8) is 0 Å². The summed E-state index contributed by atoms with van der Waals surface area (Å²) in [4.78, 5) is 14.9. The van der Waals surface area contributed by atoms with Gasteiger partial charge in [-0.3, -0.25) is 4.79 Å². The molecule has 0 radical (unpaired) electrons. The third-order valence-corrected chi connectivity index (χ3v) is 4.64. The Bertz CT molecular complexity index is 625. The monoisotopic (exact) mass is 356 g/mol. The highest BCUT2D eigenvalue weighted by Gasteiger charge is 2.20. The summed E-state index contributed by atoms with van der Waals surface area (Å²) < 4.78 is 5.38. The summed E-state index contributed by atoms with van der Waals surface area (Å²) in [5.41, 5.74) is 1.68. The van der Waals surface area contributed by atoms with Crippen molar-refractivity contribution in [2.75, 3.05) is 13.1 Å². The quantitative estimate of drug-likeness (QED) is 0.442. The highest BCUT2D eigenvalue weighted by atomic mass is 16.5. The van der Waals surface area contributed by atoms with Crippen LogP contribution in [-0.2, 0) is 0 Å². The van der Waals surface area contributed by atoms with Crippen molar-refractivity contribution < 1.29 is 9.32 Å². The van der Waals surface area contributed by atoms with E-state index in [9.17, 15) is 4.79 Å². The van der Waals surface area contributed by atoms with Crippen molar-refractivity contribution in [1.82, 2.24) is 10.1 Å². The zero-order valence-electron chi connectivity index (χ0n) is 16.2. The predicted molar refractivity (Wildman–Crippen MR) is 106 cm³/mol. The van der Waals surface area contributed by atoms with Crippen molar-refractivity contribution in [2.24, 2.45) is 0 Å². The van der Waals surface area contributed by atoms with Gasteiger partial charge in [0.15, 0.2) is 0 Å². The minimum Gasteiger partial charge on any atom is -0.350 e. The number of carbonyl (C=O) groups is 1. The van der Waals surface area contributed by atoms with Crippen molar-refractivity contribution in [3.8, 4) is 11.3 Å². The Hall–Kier alpha value is -2.10. The standard InChI is InChI=1S/C22H32N2O2/c1-3-5-7-12-16-24(17-13-8-6-4-2)22(25)21-18-20(23-26-21)19-14-10-9-11-15-19/h9-11,14-15,18H,3-8,12-13,16-17H2,1-2H3. The zero-order chi connectivity index (χ0) is 18.6. The topological polar surface area (TPSA) is 46.3 Å². The van der Waals surface area contributed by atoms with E-state index in [1.165, 1.54) is 38.5 Å². The molecule has 1 aromatic heterocycles. The number of carbonyl (C=O) groups excluding carboxylic acids is 1. The summed E-state index contributed by atoms with van der Waals surface area (Å²) in [6, 6.07) is 11.6. The summed E-state index contributed by atoms with van der Waals surface area (Å²) in [6.45, 7) is 6.00. The molecule has 0 bridgehead atoms. The van der Waals surface area contributed by atoms with E-state index in [1.54, 1.807) is 6.07 Å². The maximum absolute atomic E-state index is 12.9. The fourth-order valence-electron chi connectivity index (χ4n) is 3.05. The number of hydrogen-bond donors (Lipinski definition) is 0. The smallest absolute Gasteiger partial charge is 0.292 e. The third kappa shape index (κ3) is 6.32. The van der Waals surface area contributed by atoms with Crippen molar-refractivity contribution in [3.05, 3.63) is 42.2 Å². The van der Waals surface area contributed by atoms with Gasteiger partial charge in [-0.1, -0.05) is 87.9 Å². The molecular weight excluding hydrogens is 324 g/mol. The highest BCUT2D eigenvalue weighted by Crippen LogP contribution is 2.20. The van der Waals surface area contributed by atoms with E-state index in [-0.39, 0.29) is 5.91 Å². The number of unbranched alkanes of at least 4 members (excludes halogenated alkanes) is 6. The van der Waals surface area contributed by atoms with E-state index in [0.717, 1.165) is 31.5 Å². The average molecular weight is 357 g/mol. The van der Waals surface area contributed by atoms with Crippen LogP contribution in [0, 0.1) is 0 Å². The van der Waals surface area contributed by atoms with E-state index in [1.807, 2.05) is 35.2 Å². The first kappa shape index (κ1) is 20.2. The Morgan fingerprint density at radius 3 is 2.12 bits per heavy atom. The summed E-state index contributed by atoms with van der Waals surface area (Å²) in [6.07, 6.45) is 9.28. The highest BCUT2D eigenvalue weighted by molar-refractivity contribution is 5.92. The van der Waals surface area contributed by atoms with Gasteiger partial charge in [0.2, 0.25) is 5.76 Å². The molecule has 2 rings (SSSR count). The van der Waals surface area contributed by atoms with E-state index in [0.29, 0.717) is 11.5 Å². The molecule has 0 saturated heterocycles. The lowest BCUT2D eigenvalue weighted by Crippen LogP contribution is -2.32. The molecule has 1 aromatic carbocycles. The lowest BCUT2D eigenvalue weighted by molar-refractivity contribution is 0.0707. The molecular formula is C22H32N2O2. The number of aromatic nitrogens is 1. The SMILES string of the molecule is CCCCCCN(CCCCCC)C(=O)c1cc(-c2ccccc2)no1. The molecule has 4 nitrogen and oxygen atoms in total. The number of rotatable bonds is 12. The van der Waals surface area contributed by atoms with Crippen LogP contribution in [0.1, 0.15) is 75.8 Å². The van der Waals surface area contributed by atoms with Gasteiger partial charge in [-0.25, -0.2) is 0 Å². The Morgan fingerprint density at radius 1 is 0.923 bits per heavy atom. The van der Waals surface area contributed by atoms with E-state index in [4.69, 9.17) is 4.52 Å². The molecule has 0 aliphatic heterocycles. The second-order valence-corrected chi connectivity index (χ2v) is 6.86. The number of benzene rings is 1. The predicted octanol–water partition coefficient (Wildman–Crippen LogP) is 5.94. The first-order valence-corrected chi connectivity index (χ1v) is 10.1. The van der Waals surface area contributed by atoms with Gasteiger partial charge in [-0.05, 0) is 12.8 Å². The van der Waals surface area contributed by atoms with Crippen molar-refractivity contribution >= 4 is 5.91 Å². The normalized spacial score (nSPS) is 10.8. The molecule has 4 heteroatoms. The van der Waals surface area contributed by atoms with E-state index in [2.05, 4.69) is 19.0 Å². The van der Waals surface area contributed by atoms with Gasteiger partial charge in [0.1, 0.15) is 5.69 Å². The molecule has 2 aromatic rings. The number of hydrogen-bond acceptors (Lipinski definition) is 3. The van der Waals surface area contributed by atoms with Crippen LogP contribution in [0.5, 0.6) is 0 Å². The van der Waals surface area contributed by atoms with Gasteiger partial charge in [0.25, 0.3) is 5.91 Å². The zero-order valence-corrected chi connectivity index (χ0v) is 16.2. The van der Waals surface area contributed by atoms with E-state index >= 15 is 0 Å². The first-order chi connectivity index (χ1) is 12.8. The lowest BCUT2D eigenvalue weighted by Gasteiger charge is -2.21. The van der Waals surface area contributed by atoms with Crippen LogP contribution < -0.4 is 0 Å². The third-order valence-electron chi connectivity index (χ3n) is 4.64. The molecule has 0 saturated carbocycles. The number of amides is 1. The van der Waals surface area contributed by atoms with Gasteiger partial charge in [-0.15, -0.1) is 0 Å². The van der Waals surface area contributed by atoms with Crippen LogP contribution in [0.15, 0.2) is 40.9 Å². The second kappa shape index (κ2) is 11.5. The molecule has 0 N–H and O–H groups in total. The first-order valence-electron chi connectivity index (χ1n) is 10.1. The molecule has 0 fully saturated rings. The summed E-state index contributed by atoms with van der Waals surface area (Å²) in [5.74, 6) is 0.308. The van der Waals surface area contributed by atoms with Crippen LogP contribution >= 0.6 is 0 Å². The van der Waals surface area contributed by atoms with Crippen LogP contribution in [0.25, 0.3) is 11.3 Å².